The van der Waals surface area contributed by atoms with Crippen molar-refractivity contribution in [1.29, 1.82) is 0 Å². The van der Waals surface area contributed by atoms with Crippen LogP contribution in [0, 0.1) is 6.92 Å². The third-order valence-electron chi connectivity index (χ3n) is 5.39. The normalized spacial score (nSPS) is 15.9. The molecule has 0 fully saturated rings. The molecule has 9 heteroatoms. The highest BCUT2D eigenvalue weighted by molar-refractivity contribution is 7.99. The minimum atomic E-state index is -0.0535. The maximum atomic E-state index is 13.2. The van der Waals surface area contributed by atoms with Crippen LogP contribution in [-0.4, -0.2) is 37.1 Å². The van der Waals surface area contributed by atoms with Gasteiger partial charge in [-0.1, -0.05) is 48.2 Å². The third-order valence-corrected chi connectivity index (χ3v) is 8.29. The van der Waals surface area contributed by atoms with Gasteiger partial charge in [0.05, 0.1) is 22.4 Å². The van der Waals surface area contributed by atoms with Crippen LogP contribution in [0.2, 0.25) is 0 Å². The van der Waals surface area contributed by atoms with E-state index in [2.05, 4.69) is 35.3 Å². The molecule has 1 aromatic carbocycles. The number of hydrogen-bond donors (Lipinski definition) is 0. The van der Waals surface area contributed by atoms with Gasteiger partial charge in [0.2, 0.25) is 0 Å². The number of thiophene rings is 2. The Morgan fingerprint density at radius 3 is 2.66 bits per heavy atom. The van der Waals surface area contributed by atoms with Crippen molar-refractivity contribution in [2.75, 3.05) is 5.75 Å². The number of hydrazone groups is 1. The minimum Gasteiger partial charge on any atom is -0.305 e. The maximum Gasteiger partial charge on any atom is 0.253 e. The number of thioether (sulfide) groups is 1. The SMILES string of the molecule is Cc1ccccc1-c1nnc(SCC(=O)N2N=C(c3cccs3)C[C@H]2c2cccs2)n1C. The van der Waals surface area contributed by atoms with E-state index in [9.17, 15) is 4.79 Å². The second kappa shape index (κ2) is 9.01. The number of aryl methyl sites for hydroxylation is 1. The van der Waals surface area contributed by atoms with Crippen molar-refractivity contribution in [3.8, 4) is 11.4 Å². The van der Waals surface area contributed by atoms with Gasteiger partial charge >= 0.3 is 0 Å². The van der Waals surface area contributed by atoms with E-state index in [4.69, 9.17) is 5.10 Å². The molecular weight excluding hydrogens is 458 g/mol. The molecule has 6 nitrogen and oxygen atoms in total. The van der Waals surface area contributed by atoms with Gasteiger partial charge in [0.25, 0.3) is 5.91 Å². The molecule has 32 heavy (non-hydrogen) atoms. The third kappa shape index (κ3) is 4.03. The van der Waals surface area contributed by atoms with E-state index < -0.39 is 0 Å². The molecule has 0 radical (unpaired) electrons. The van der Waals surface area contributed by atoms with Crippen molar-refractivity contribution in [2.45, 2.75) is 24.5 Å². The molecular formula is C23H21N5OS3. The van der Waals surface area contributed by atoms with E-state index in [1.807, 2.05) is 52.7 Å². The monoisotopic (exact) mass is 479 g/mol. The Morgan fingerprint density at radius 2 is 1.91 bits per heavy atom. The van der Waals surface area contributed by atoms with Gasteiger partial charge in [-0.2, -0.15) is 5.10 Å². The van der Waals surface area contributed by atoms with Gasteiger partial charge in [-0.05, 0) is 35.4 Å². The molecule has 5 rings (SSSR count). The average molecular weight is 480 g/mol. The fourth-order valence-corrected chi connectivity index (χ4v) is 6.02. The van der Waals surface area contributed by atoms with E-state index in [-0.39, 0.29) is 17.7 Å². The highest BCUT2D eigenvalue weighted by atomic mass is 32.2. The lowest BCUT2D eigenvalue weighted by Gasteiger charge is -2.20. The number of benzene rings is 1. The highest BCUT2D eigenvalue weighted by Crippen LogP contribution is 2.36. The number of carbonyl (C=O) groups excluding carboxylic acids is 1. The molecule has 1 atom stereocenters. The zero-order chi connectivity index (χ0) is 22.1. The number of amides is 1. The van der Waals surface area contributed by atoms with Crippen LogP contribution in [0.5, 0.6) is 0 Å². The highest BCUT2D eigenvalue weighted by Gasteiger charge is 2.34. The fraction of sp³-hybridized carbons (Fsp3) is 0.217. The number of aromatic nitrogens is 3. The van der Waals surface area contributed by atoms with Crippen molar-refractivity contribution in [3.05, 3.63) is 74.6 Å². The fourth-order valence-electron chi connectivity index (χ4n) is 3.73. The van der Waals surface area contributed by atoms with Crippen LogP contribution >= 0.6 is 34.4 Å². The molecule has 0 aliphatic carbocycles. The summed E-state index contributed by atoms with van der Waals surface area (Å²) >= 11 is 4.71. The van der Waals surface area contributed by atoms with Crippen molar-refractivity contribution >= 4 is 46.1 Å². The molecule has 3 aromatic heterocycles. The van der Waals surface area contributed by atoms with E-state index in [1.54, 1.807) is 27.7 Å². The summed E-state index contributed by atoms with van der Waals surface area (Å²) in [6.45, 7) is 2.06. The number of carbonyl (C=O) groups is 1. The summed E-state index contributed by atoms with van der Waals surface area (Å²) < 4.78 is 1.95. The van der Waals surface area contributed by atoms with Crippen molar-refractivity contribution in [2.24, 2.45) is 12.1 Å². The Kier molecular flexibility index (Phi) is 5.95. The Hall–Kier alpha value is -2.75. The van der Waals surface area contributed by atoms with Gasteiger partial charge in [-0.3, -0.25) is 4.79 Å². The second-order valence-corrected chi connectivity index (χ2v) is 10.3. The molecule has 0 spiro atoms. The van der Waals surface area contributed by atoms with Crippen LogP contribution in [0.15, 0.2) is 69.5 Å². The topological polar surface area (TPSA) is 63.4 Å². The first-order valence-electron chi connectivity index (χ1n) is 10.2. The lowest BCUT2D eigenvalue weighted by Crippen LogP contribution is -2.28. The van der Waals surface area contributed by atoms with Gasteiger partial charge < -0.3 is 4.57 Å². The quantitative estimate of drug-likeness (QED) is 0.348. The molecule has 0 N–H and O–H groups in total. The molecule has 0 unspecified atom stereocenters. The van der Waals surface area contributed by atoms with Crippen LogP contribution in [0.1, 0.15) is 27.8 Å². The molecule has 4 aromatic rings. The molecule has 1 aliphatic heterocycles. The van der Waals surface area contributed by atoms with Crippen molar-refractivity contribution in [3.63, 3.8) is 0 Å². The zero-order valence-electron chi connectivity index (χ0n) is 17.6. The Labute approximate surface area is 198 Å². The standard InChI is InChI=1S/C23H21N5OS3/c1-15-7-3-4-8-16(15)22-24-25-23(27(22)2)32-14-21(29)28-18(20-10-6-12-31-20)13-17(26-28)19-9-5-11-30-19/h3-12,18H,13-14H2,1-2H3/t18-/m0/s1. The van der Waals surface area contributed by atoms with Crippen molar-refractivity contribution in [1.82, 2.24) is 19.8 Å². The van der Waals surface area contributed by atoms with Crippen LogP contribution < -0.4 is 0 Å². The van der Waals surface area contributed by atoms with E-state index in [1.165, 1.54) is 11.8 Å². The first-order valence-corrected chi connectivity index (χ1v) is 12.9. The molecule has 162 valence electrons. The summed E-state index contributed by atoms with van der Waals surface area (Å²) in [7, 11) is 1.94. The lowest BCUT2D eigenvalue weighted by atomic mass is 10.1. The average Bonchev–Trinajstić information content (AvgIpc) is 3.59. The predicted molar refractivity (Wildman–Crippen MR) is 131 cm³/mol. The largest absolute Gasteiger partial charge is 0.305 e. The van der Waals surface area contributed by atoms with Crippen LogP contribution in [0.3, 0.4) is 0 Å². The van der Waals surface area contributed by atoms with E-state index in [0.29, 0.717) is 5.16 Å². The summed E-state index contributed by atoms with van der Waals surface area (Å²) in [5.74, 6) is 1.03. The van der Waals surface area contributed by atoms with Gasteiger partial charge in [-0.25, -0.2) is 5.01 Å². The van der Waals surface area contributed by atoms with E-state index in [0.717, 1.165) is 38.8 Å². The van der Waals surface area contributed by atoms with Crippen molar-refractivity contribution < 1.29 is 4.79 Å². The summed E-state index contributed by atoms with van der Waals surface area (Å²) in [5, 5.41) is 19.9. The smallest absolute Gasteiger partial charge is 0.253 e. The minimum absolute atomic E-state index is 0.0274. The Morgan fingerprint density at radius 1 is 1.09 bits per heavy atom. The van der Waals surface area contributed by atoms with E-state index >= 15 is 0 Å². The van der Waals surface area contributed by atoms with Crippen LogP contribution in [0.25, 0.3) is 11.4 Å². The molecule has 0 bridgehead atoms. The number of rotatable bonds is 6. The molecule has 0 saturated heterocycles. The number of nitrogens with zero attached hydrogens (tertiary/aromatic N) is 5. The Balaban J connectivity index is 1.34. The summed E-state index contributed by atoms with van der Waals surface area (Å²) in [5.41, 5.74) is 3.15. The van der Waals surface area contributed by atoms with Gasteiger partial charge in [0.1, 0.15) is 0 Å². The molecule has 0 saturated carbocycles. The number of hydrogen-bond acceptors (Lipinski definition) is 7. The maximum absolute atomic E-state index is 13.2. The molecule has 4 heterocycles. The lowest BCUT2D eigenvalue weighted by molar-refractivity contribution is -0.130. The first kappa shape index (κ1) is 21.1. The Bertz CT molecular complexity index is 1260. The zero-order valence-corrected chi connectivity index (χ0v) is 20.1. The predicted octanol–water partition coefficient (Wildman–Crippen LogP) is 5.38. The first-order chi connectivity index (χ1) is 15.6. The molecule has 1 aliphatic rings. The summed E-state index contributed by atoms with van der Waals surface area (Å²) in [6, 6.07) is 16.2. The van der Waals surface area contributed by atoms with Gasteiger partial charge in [0, 0.05) is 23.9 Å². The second-order valence-electron chi connectivity index (χ2n) is 7.47. The van der Waals surface area contributed by atoms with Crippen LogP contribution in [0.4, 0.5) is 0 Å². The summed E-state index contributed by atoms with van der Waals surface area (Å²) in [4.78, 5) is 15.5. The van der Waals surface area contributed by atoms with Gasteiger partial charge in [0.15, 0.2) is 11.0 Å². The summed E-state index contributed by atoms with van der Waals surface area (Å²) in [6.07, 6.45) is 0.735. The van der Waals surface area contributed by atoms with Crippen LogP contribution in [-0.2, 0) is 11.8 Å². The molecule has 1 amide bonds. The van der Waals surface area contributed by atoms with Gasteiger partial charge in [-0.15, -0.1) is 32.9 Å².